The summed E-state index contributed by atoms with van der Waals surface area (Å²) in [6, 6.07) is 10.6. The lowest BCUT2D eigenvalue weighted by Gasteiger charge is -2.22. The van der Waals surface area contributed by atoms with Gasteiger partial charge in [0, 0.05) is 24.2 Å². The van der Waals surface area contributed by atoms with Gasteiger partial charge in [-0.1, -0.05) is 12.1 Å². The molecule has 0 aliphatic heterocycles. The molecule has 0 atom stereocenters. The van der Waals surface area contributed by atoms with E-state index in [0.717, 1.165) is 18.9 Å². The summed E-state index contributed by atoms with van der Waals surface area (Å²) in [5, 5.41) is 14.4. The van der Waals surface area contributed by atoms with E-state index in [9.17, 15) is 23.3 Å². The fourth-order valence-electron chi connectivity index (χ4n) is 3.32. The number of methoxy groups -OCH3 is 1. The van der Waals surface area contributed by atoms with Crippen molar-refractivity contribution in [1.82, 2.24) is 9.62 Å². The SMILES string of the molecule is COc1ccc(S(=O)(=O)N(Cc2ccc(C(=O)NC3CC3)cc2)C2CC2)c([N+](=O)[O-])c1. The summed E-state index contributed by atoms with van der Waals surface area (Å²) < 4.78 is 33.0. The smallest absolute Gasteiger partial charge is 0.293 e. The monoisotopic (exact) mass is 445 g/mol. The van der Waals surface area contributed by atoms with Crippen LogP contribution >= 0.6 is 0 Å². The van der Waals surface area contributed by atoms with Crippen molar-refractivity contribution in [3.05, 3.63) is 63.7 Å². The van der Waals surface area contributed by atoms with Crippen molar-refractivity contribution in [1.29, 1.82) is 0 Å². The molecular weight excluding hydrogens is 422 g/mol. The Morgan fingerprint density at radius 2 is 1.84 bits per heavy atom. The summed E-state index contributed by atoms with van der Waals surface area (Å²) in [5.74, 6) is 0.0678. The van der Waals surface area contributed by atoms with E-state index in [0.29, 0.717) is 24.0 Å². The number of sulfonamides is 1. The van der Waals surface area contributed by atoms with Crippen LogP contribution in [0.1, 0.15) is 41.6 Å². The van der Waals surface area contributed by atoms with Crippen LogP contribution in [-0.4, -0.2) is 42.7 Å². The maximum atomic E-state index is 13.4. The third-order valence-electron chi connectivity index (χ3n) is 5.37. The molecule has 0 bridgehead atoms. The van der Waals surface area contributed by atoms with Crippen molar-refractivity contribution in [2.24, 2.45) is 0 Å². The third-order valence-corrected chi connectivity index (χ3v) is 7.32. The Bertz CT molecular complexity index is 1110. The third kappa shape index (κ3) is 4.70. The van der Waals surface area contributed by atoms with Gasteiger partial charge >= 0.3 is 0 Å². The number of rotatable bonds is 9. The molecule has 2 aliphatic rings. The standard InChI is InChI=1S/C21H23N3O6S/c1-30-18-10-11-20(19(12-18)24(26)27)31(28,29)23(17-8-9-17)13-14-2-4-15(5-3-14)21(25)22-16-6-7-16/h2-5,10-12,16-17H,6-9,13H2,1H3,(H,22,25). The lowest BCUT2D eigenvalue weighted by molar-refractivity contribution is -0.387. The number of nitrogens with one attached hydrogen (secondary N) is 1. The minimum Gasteiger partial charge on any atom is -0.497 e. The Morgan fingerprint density at radius 1 is 1.16 bits per heavy atom. The predicted molar refractivity (Wildman–Crippen MR) is 112 cm³/mol. The van der Waals surface area contributed by atoms with E-state index in [1.165, 1.54) is 23.5 Å². The number of hydrogen-bond acceptors (Lipinski definition) is 6. The number of carbonyl (C=O) groups excluding carboxylic acids is 1. The van der Waals surface area contributed by atoms with Gasteiger partial charge in [0.1, 0.15) is 5.75 Å². The molecule has 0 aromatic heterocycles. The summed E-state index contributed by atoms with van der Waals surface area (Å²) in [7, 11) is -2.75. The van der Waals surface area contributed by atoms with Crippen LogP contribution in [0.3, 0.4) is 0 Å². The second-order valence-corrected chi connectivity index (χ2v) is 9.68. The molecule has 0 heterocycles. The first-order valence-electron chi connectivity index (χ1n) is 10.0. The van der Waals surface area contributed by atoms with Crippen LogP contribution < -0.4 is 10.1 Å². The van der Waals surface area contributed by atoms with Gasteiger partial charge in [-0.15, -0.1) is 0 Å². The molecular formula is C21H23N3O6S. The summed E-state index contributed by atoms with van der Waals surface area (Å²) in [6.45, 7) is 0.0701. The highest BCUT2D eigenvalue weighted by molar-refractivity contribution is 7.89. The van der Waals surface area contributed by atoms with Gasteiger partial charge in [-0.3, -0.25) is 14.9 Å². The first-order valence-corrected chi connectivity index (χ1v) is 11.5. The predicted octanol–water partition coefficient (Wildman–Crippen LogP) is 2.85. The molecule has 31 heavy (non-hydrogen) atoms. The Kier molecular flexibility index (Phi) is 5.67. The van der Waals surface area contributed by atoms with Crippen LogP contribution in [0.4, 0.5) is 5.69 Å². The normalized spacial score (nSPS) is 16.2. The number of ether oxygens (including phenoxy) is 1. The van der Waals surface area contributed by atoms with Crippen LogP contribution in [0, 0.1) is 10.1 Å². The second-order valence-electron chi connectivity index (χ2n) is 7.82. The molecule has 0 spiro atoms. The molecule has 1 N–H and O–H groups in total. The van der Waals surface area contributed by atoms with Crippen molar-refractivity contribution in [2.45, 2.75) is 49.2 Å². The van der Waals surface area contributed by atoms with E-state index < -0.39 is 20.6 Å². The topological polar surface area (TPSA) is 119 Å². The maximum absolute atomic E-state index is 13.4. The quantitative estimate of drug-likeness (QED) is 0.468. The minimum atomic E-state index is -4.11. The summed E-state index contributed by atoms with van der Waals surface area (Å²) >= 11 is 0. The highest BCUT2D eigenvalue weighted by atomic mass is 32.2. The molecule has 9 nitrogen and oxygen atoms in total. The number of nitro groups is 1. The van der Waals surface area contributed by atoms with Crippen LogP contribution in [0.15, 0.2) is 47.4 Å². The highest BCUT2D eigenvalue weighted by Crippen LogP contribution is 2.37. The number of amides is 1. The summed E-state index contributed by atoms with van der Waals surface area (Å²) in [5.41, 5.74) is 0.703. The zero-order valence-corrected chi connectivity index (χ0v) is 17.8. The van der Waals surface area contributed by atoms with Crippen LogP contribution in [-0.2, 0) is 16.6 Å². The van der Waals surface area contributed by atoms with Crippen molar-refractivity contribution < 1.29 is 22.9 Å². The van der Waals surface area contributed by atoms with Crippen molar-refractivity contribution in [3.8, 4) is 5.75 Å². The molecule has 2 fully saturated rings. The number of carbonyl (C=O) groups is 1. The fourth-order valence-corrected chi connectivity index (χ4v) is 5.13. The van der Waals surface area contributed by atoms with Crippen molar-refractivity contribution in [2.75, 3.05) is 7.11 Å². The minimum absolute atomic E-state index is 0.0701. The van der Waals surface area contributed by atoms with Gasteiger partial charge in [0.2, 0.25) is 10.0 Å². The number of nitrogens with zero attached hydrogens (tertiary/aromatic N) is 2. The molecule has 4 rings (SSSR count). The molecule has 2 aromatic carbocycles. The van der Waals surface area contributed by atoms with E-state index in [-0.39, 0.29) is 35.2 Å². The number of benzene rings is 2. The first-order chi connectivity index (χ1) is 14.8. The lowest BCUT2D eigenvalue weighted by atomic mass is 10.1. The summed E-state index contributed by atoms with van der Waals surface area (Å²) in [6.07, 6.45) is 3.39. The Morgan fingerprint density at radius 3 is 2.39 bits per heavy atom. The largest absolute Gasteiger partial charge is 0.497 e. The maximum Gasteiger partial charge on any atom is 0.293 e. The average Bonchev–Trinajstić information content (AvgIpc) is 3.67. The Balaban J connectivity index is 1.59. The molecule has 0 radical (unpaired) electrons. The van der Waals surface area contributed by atoms with Crippen LogP contribution in [0.5, 0.6) is 5.75 Å². The van der Waals surface area contributed by atoms with Gasteiger partial charge in [-0.05, 0) is 55.5 Å². The lowest BCUT2D eigenvalue weighted by Crippen LogP contribution is -2.33. The van der Waals surface area contributed by atoms with Crippen molar-refractivity contribution >= 4 is 21.6 Å². The zero-order valence-electron chi connectivity index (χ0n) is 17.0. The van der Waals surface area contributed by atoms with Gasteiger partial charge in [-0.25, -0.2) is 8.42 Å². The van der Waals surface area contributed by atoms with E-state index in [2.05, 4.69) is 5.32 Å². The van der Waals surface area contributed by atoms with E-state index in [4.69, 9.17) is 4.74 Å². The van der Waals surface area contributed by atoms with E-state index >= 15 is 0 Å². The molecule has 2 aliphatic carbocycles. The van der Waals surface area contributed by atoms with Crippen molar-refractivity contribution in [3.63, 3.8) is 0 Å². The molecule has 10 heteroatoms. The molecule has 164 valence electrons. The van der Waals surface area contributed by atoms with Gasteiger partial charge in [0.05, 0.1) is 18.1 Å². The van der Waals surface area contributed by atoms with E-state index in [1.54, 1.807) is 24.3 Å². The molecule has 2 aromatic rings. The van der Waals surface area contributed by atoms with Crippen LogP contribution in [0.2, 0.25) is 0 Å². The summed E-state index contributed by atoms with van der Waals surface area (Å²) in [4.78, 5) is 22.6. The molecule has 0 unspecified atom stereocenters. The number of nitro benzene ring substituents is 1. The highest BCUT2D eigenvalue weighted by Gasteiger charge is 2.41. The molecule has 0 saturated heterocycles. The van der Waals surface area contributed by atoms with Gasteiger partial charge in [-0.2, -0.15) is 4.31 Å². The number of hydrogen-bond donors (Lipinski definition) is 1. The van der Waals surface area contributed by atoms with Crippen LogP contribution in [0.25, 0.3) is 0 Å². The van der Waals surface area contributed by atoms with Gasteiger partial charge < -0.3 is 10.1 Å². The Hall–Kier alpha value is -2.98. The fraction of sp³-hybridized carbons (Fsp3) is 0.381. The van der Waals surface area contributed by atoms with Gasteiger partial charge in [0.15, 0.2) is 4.90 Å². The molecule has 1 amide bonds. The average molecular weight is 445 g/mol. The first kappa shape index (κ1) is 21.3. The zero-order chi connectivity index (χ0) is 22.2. The molecule has 2 saturated carbocycles. The van der Waals surface area contributed by atoms with E-state index in [1.807, 2.05) is 0 Å². The second kappa shape index (κ2) is 8.27. The van der Waals surface area contributed by atoms with Gasteiger partial charge in [0.25, 0.3) is 11.6 Å². The Labute approximate surface area is 180 Å².